The molecule has 6 heteroatoms. The van der Waals surface area contributed by atoms with Crippen molar-refractivity contribution in [3.8, 4) is 5.75 Å². The minimum absolute atomic E-state index is 0.164. The summed E-state index contributed by atoms with van der Waals surface area (Å²) in [6, 6.07) is 4.97. The summed E-state index contributed by atoms with van der Waals surface area (Å²) < 4.78 is 30.1. The minimum Gasteiger partial charge on any atom is -0.487 e. The summed E-state index contributed by atoms with van der Waals surface area (Å²) in [7, 11) is -3.29. The summed E-state index contributed by atoms with van der Waals surface area (Å²) in [4.78, 5) is 0. The molecule has 0 aromatic heterocycles. The second-order valence-corrected chi connectivity index (χ2v) is 6.18. The topological polar surface area (TPSA) is 46.6 Å². The van der Waals surface area contributed by atoms with Crippen molar-refractivity contribution in [3.05, 3.63) is 23.2 Å². The Balaban J connectivity index is 2.56. The summed E-state index contributed by atoms with van der Waals surface area (Å²) in [5.74, 6) is 0.550. The normalized spacial score (nSPS) is 20.2. The first-order valence-corrected chi connectivity index (χ1v) is 7.04. The zero-order chi connectivity index (χ0) is 11.9. The Morgan fingerprint density at radius 3 is 2.81 bits per heavy atom. The van der Waals surface area contributed by atoms with Crippen molar-refractivity contribution >= 4 is 27.3 Å². The highest BCUT2D eigenvalue weighted by Crippen LogP contribution is 2.36. The molecule has 1 unspecified atom stereocenters. The van der Waals surface area contributed by atoms with Crippen LogP contribution in [-0.2, 0) is 10.0 Å². The zero-order valence-corrected chi connectivity index (χ0v) is 10.5. The Kier molecular flexibility index (Phi) is 2.75. The van der Waals surface area contributed by atoms with Gasteiger partial charge < -0.3 is 4.74 Å². The highest BCUT2D eigenvalue weighted by Gasteiger charge is 2.28. The molecule has 2 rings (SSSR count). The van der Waals surface area contributed by atoms with Gasteiger partial charge in [0.1, 0.15) is 11.9 Å². The van der Waals surface area contributed by atoms with Gasteiger partial charge >= 0.3 is 0 Å². The summed E-state index contributed by atoms with van der Waals surface area (Å²) in [6.45, 7) is 2.14. The Morgan fingerprint density at radius 1 is 1.50 bits per heavy atom. The number of hydrogen-bond acceptors (Lipinski definition) is 3. The average molecular weight is 262 g/mol. The van der Waals surface area contributed by atoms with Crippen molar-refractivity contribution in [2.75, 3.05) is 17.1 Å². The van der Waals surface area contributed by atoms with Crippen LogP contribution in [0.5, 0.6) is 5.75 Å². The fourth-order valence-corrected chi connectivity index (χ4v) is 2.83. The molecule has 88 valence electrons. The van der Waals surface area contributed by atoms with Gasteiger partial charge in [-0.1, -0.05) is 11.6 Å². The van der Waals surface area contributed by atoms with E-state index < -0.39 is 10.0 Å². The monoisotopic (exact) mass is 261 g/mol. The number of ether oxygens (including phenoxy) is 1. The van der Waals surface area contributed by atoms with E-state index in [1.807, 2.05) is 6.92 Å². The lowest BCUT2D eigenvalue weighted by molar-refractivity contribution is 0.219. The molecule has 1 atom stereocenters. The first-order chi connectivity index (χ1) is 7.38. The number of hydrogen-bond donors (Lipinski definition) is 0. The highest BCUT2D eigenvalue weighted by atomic mass is 35.5. The molecule has 4 nitrogen and oxygen atoms in total. The van der Waals surface area contributed by atoms with Crippen molar-refractivity contribution in [1.82, 2.24) is 0 Å². The average Bonchev–Trinajstić information content (AvgIpc) is 2.16. The molecule has 0 spiro atoms. The lowest BCUT2D eigenvalue weighted by atomic mass is 10.2. The van der Waals surface area contributed by atoms with Gasteiger partial charge in [-0.3, -0.25) is 4.31 Å². The van der Waals surface area contributed by atoms with Gasteiger partial charge in [-0.2, -0.15) is 0 Å². The van der Waals surface area contributed by atoms with Crippen LogP contribution in [0.4, 0.5) is 5.69 Å². The second-order valence-electron chi connectivity index (χ2n) is 3.83. The number of anilines is 1. The van der Waals surface area contributed by atoms with E-state index >= 15 is 0 Å². The van der Waals surface area contributed by atoms with Crippen LogP contribution < -0.4 is 9.04 Å². The van der Waals surface area contributed by atoms with E-state index in [-0.39, 0.29) is 6.10 Å². The molecular weight excluding hydrogens is 250 g/mol. The molecule has 1 aliphatic rings. The van der Waals surface area contributed by atoms with E-state index in [0.29, 0.717) is 23.0 Å². The number of rotatable bonds is 1. The molecule has 16 heavy (non-hydrogen) atoms. The molecule has 0 amide bonds. The quantitative estimate of drug-likeness (QED) is 0.776. The number of halogens is 1. The highest BCUT2D eigenvalue weighted by molar-refractivity contribution is 7.92. The van der Waals surface area contributed by atoms with Crippen LogP contribution in [-0.4, -0.2) is 27.3 Å². The molecule has 0 aliphatic carbocycles. The SMILES string of the molecule is CC1CN(S(C)(=O)=O)c2cc(Cl)ccc2O1. The molecule has 1 aromatic rings. The Labute approximate surface area is 99.8 Å². The first-order valence-electron chi connectivity index (χ1n) is 4.82. The van der Waals surface area contributed by atoms with Crippen molar-refractivity contribution in [3.63, 3.8) is 0 Å². The van der Waals surface area contributed by atoms with Gasteiger partial charge in [0.2, 0.25) is 10.0 Å². The van der Waals surface area contributed by atoms with E-state index in [9.17, 15) is 8.42 Å². The van der Waals surface area contributed by atoms with Gasteiger partial charge in [0, 0.05) is 5.02 Å². The van der Waals surface area contributed by atoms with E-state index in [4.69, 9.17) is 16.3 Å². The predicted molar refractivity (Wildman–Crippen MR) is 63.7 cm³/mol. The molecule has 0 saturated heterocycles. The van der Waals surface area contributed by atoms with Crippen LogP contribution in [0.2, 0.25) is 5.02 Å². The first kappa shape index (κ1) is 11.5. The third-order valence-electron chi connectivity index (χ3n) is 2.34. The minimum atomic E-state index is -3.29. The fraction of sp³-hybridized carbons (Fsp3) is 0.400. The van der Waals surface area contributed by atoms with E-state index in [1.165, 1.54) is 10.6 Å². The maximum atomic E-state index is 11.6. The van der Waals surface area contributed by atoms with Crippen LogP contribution in [0.15, 0.2) is 18.2 Å². The number of fused-ring (bicyclic) bond motifs is 1. The lowest BCUT2D eigenvalue weighted by Gasteiger charge is -2.33. The molecular formula is C10H12ClNO3S. The van der Waals surface area contributed by atoms with Crippen LogP contribution >= 0.6 is 11.6 Å². The summed E-state index contributed by atoms with van der Waals surface area (Å²) in [5.41, 5.74) is 0.508. The van der Waals surface area contributed by atoms with Crippen molar-refractivity contribution in [2.45, 2.75) is 13.0 Å². The largest absolute Gasteiger partial charge is 0.487 e. The van der Waals surface area contributed by atoms with Crippen molar-refractivity contribution in [1.29, 1.82) is 0 Å². The molecule has 0 bridgehead atoms. The number of sulfonamides is 1. The van der Waals surface area contributed by atoms with Crippen LogP contribution in [0.1, 0.15) is 6.92 Å². The molecule has 0 fully saturated rings. The van der Waals surface area contributed by atoms with Gasteiger partial charge in [0.25, 0.3) is 0 Å². The standard InChI is InChI=1S/C10H12ClNO3S/c1-7-6-12(16(2,13)14)9-5-8(11)3-4-10(9)15-7/h3-5,7H,6H2,1-2H3. The fourth-order valence-electron chi connectivity index (χ4n) is 1.69. The maximum absolute atomic E-state index is 11.6. The van der Waals surface area contributed by atoms with Crippen LogP contribution in [0.3, 0.4) is 0 Å². The summed E-state index contributed by atoms with van der Waals surface area (Å²) >= 11 is 5.85. The summed E-state index contributed by atoms with van der Waals surface area (Å²) in [5, 5.41) is 0.491. The summed E-state index contributed by atoms with van der Waals surface area (Å²) in [6.07, 6.45) is 1.01. The van der Waals surface area contributed by atoms with Crippen LogP contribution in [0, 0.1) is 0 Å². The zero-order valence-electron chi connectivity index (χ0n) is 8.97. The Morgan fingerprint density at radius 2 is 2.19 bits per heavy atom. The molecule has 0 saturated carbocycles. The third-order valence-corrected chi connectivity index (χ3v) is 3.72. The van der Waals surface area contributed by atoms with Crippen molar-refractivity contribution < 1.29 is 13.2 Å². The number of nitrogens with zero attached hydrogens (tertiary/aromatic N) is 1. The lowest BCUT2D eigenvalue weighted by Crippen LogP contribution is -2.41. The molecule has 1 heterocycles. The Hall–Kier alpha value is -0.940. The van der Waals surface area contributed by atoms with Gasteiger partial charge in [-0.25, -0.2) is 8.42 Å². The molecule has 0 radical (unpaired) electrons. The molecule has 0 N–H and O–H groups in total. The predicted octanol–water partition coefficient (Wildman–Crippen LogP) is 1.89. The Bertz CT molecular complexity index is 515. The number of benzene rings is 1. The van der Waals surface area contributed by atoms with Crippen LogP contribution in [0.25, 0.3) is 0 Å². The second kappa shape index (κ2) is 3.82. The van der Waals surface area contributed by atoms with Gasteiger partial charge in [0.05, 0.1) is 18.5 Å². The van der Waals surface area contributed by atoms with E-state index in [2.05, 4.69) is 0 Å². The van der Waals surface area contributed by atoms with E-state index in [0.717, 1.165) is 0 Å². The third kappa shape index (κ3) is 2.10. The smallest absolute Gasteiger partial charge is 0.232 e. The molecule has 1 aliphatic heterocycles. The maximum Gasteiger partial charge on any atom is 0.232 e. The van der Waals surface area contributed by atoms with E-state index in [1.54, 1.807) is 18.2 Å². The van der Waals surface area contributed by atoms with Gasteiger partial charge in [-0.05, 0) is 25.1 Å². The van der Waals surface area contributed by atoms with Gasteiger partial charge in [-0.15, -0.1) is 0 Å². The van der Waals surface area contributed by atoms with Crippen molar-refractivity contribution in [2.24, 2.45) is 0 Å². The molecule has 1 aromatic carbocycles. The van der Waals surface area contributed by atoms with Gasteiger partial charge in [0.15, 0.2) is 0 Å².